The zero-order valence-corrected chi connectivity index (χ0v) is 13.1. The Hall–Kier alpha value is -1.83. The molecule has 6 nitrogen and oxygen atoms in total. The Bertz CT molecular complexity index is 737. The molecule has 2 aromatic rings. The predicted octanol–water partition coefficient (Wildman–Crippen LogP) is 2.44. The minimum Gasteiger partial charge on any atom is -0.324 e. The summed E-state index contributed by atoms with van der Waals surface area (Å²) in [7, 11) is -3.74. The second-order valence-corrected chi connectivity index (χ2v) is 6.61. The maximum atomic E-state index is 12.5. The summed E-state index contributed by atoms with van der Waals surface area (Å²) in [6.45, 7) is 3.41. The van der Waals surface area contributed by atoms with Gasteiger partial charge in [-0.25, -0.2) is 13.4 Å². The highest BCUT2D eigenvalue weighted by Crippen LogP contribution is 2.25. The lowest BCUT2D eigenvalue weighted by Crippen LogP contribution is -2.17. The van der Waals surface area contributed by atoms with E-state index in [0.717, 1.165) is 0 Å². The van der Waals surface area contributed by atoms with Gasteiger partial charge in [-0.05, 0) is 49.2 Å². The zero-order chi connectivity index (χ0) is 15.6. The van der Waals surface area contributed by atoms with Crippen LogP contribution in [0.1, 0.15) is 11.1 Å². The van der Waals surface area contributed by atoms with Crippen LogP contribution in [0.3, 0.4) is 0 Å². The van der Waals surface area contributed by atoms with Crippen molar-refractivity contribution in [3.8, 4) is 0 Å². The molecule has 0 radical (unpaired) electrons. The van der Waals surface area contributed by atoms with Gasteiger partial charge in [-0.2, -0.15) is 0 Å². The summed E-state index contributed by atoms with van der Waals surface area (Å²) in [5, 5.41) is 0.434. The number of anilines is 2. The van der Waals surface area contributed by atoms with Gasteiger partial charge in [0.2, 0.25) is 0 Å². The number of nitrogens with two attached hydrogens (primary N) is 1. The summed E-state index contributed by atoms with van der Waals surface area (Å²) >= 11 is 5.73. The fraction of sp³-hybridized carbons (Fsp3) is 0.154. The van der Waals surface area contributed by atoms with E-state index >= 15 is 0 Å². The Balaban J connectivity index is 2.42. The molecule has 4 N–H and O–H groups in total. The highest BCUT2D eigenvalue weighted by atomic mass is 35.5. The summed E-state index contributed by atoms with van der Waals surface area (Å²) in [5.74, 6) is 5.55. The van der Waals surface area contributed by atoms with Gasteiger partial charge in [-0.3, -0.25) is 10.6 Å². The molecule has 2 rings (SSSR count). The molecule has 0 saturated heterocycles. The van der Waals surface area contributed by atoms with Crippen LogP contribution in [0.4, 0.5) is 11.5 Å². The molecular weight excluding hydrogens is 312 g/mol. The van der Waals surface area contributed by atoms with Crippen molar-refractivity contribution in [3.63, 3.8) is 0 Å². The van der Waals surface area contributed by atoms with E-state index < -0.39 is 10.0 Å². The van der Waals surface area contributed by atoms with Gasteiger partial charge in [0.1, 0.15) is 5.82 Å². The summed E-state index contributed by atoms with van der Waals surface area (Å²) < 4.78 is 27.4. The normalized spacial score (nSPS) is 11.2. The molecule has 1 aromatic heterocycles. The van der Waals surface area contributed by atoms with Crippen molar-refractivity contribution in [1.82, 2.24) is 4.98 Å². The van der Waals surface area contributed by atoms with Crippen molar-refractivity contribution < 1.29 is 8.42 Å². The predicted molar refractivity (Wildman–Crippen MR) is 83.8 cm³/mol. The van der Waals surface area contributed by atoms with Crippen molar-refractivity contribution in [2.75, 3.05) is 10.1 Å². The molecule has 112 valence electrons. The molecule has 0 aliphatic heterocycles. The maximum absolute atomic E-state index is 12.5. The van der Waals surface area contributed by atoms with Crippen molar-refractivity contribution in [1.29, 1.82) is 0 Å². The number of nitrogens with one attached hydrogen (secondary N) is 2. The molecule has 0 aliphatic rings. The van der Waals surface area contributed by atoms with E-state index in [0.29, 0.717) is 21.8 Å². The first-order valence-corrected chi connectivity index (χ1v) is 7.92. The van der Waals surface area contributed by atoms with E-state index in [-0.39, 0.29) is 10.7 Å². The van der Waals surface area contributed by atoms with Crippen LogP contribution < -0.4 is 16.0 Å². The number of pyridine rings is 1. The van der Waals surface area contributed by atoms with Crippen LogP contribution in [0.25, 0.3) is 0 Å². The van der Waals surface area contributed by atoms with E-state index in [1.807, 2.05) is 0 Å². The lowest BCUT2D eigenvalue weighted by atomic mass is 10.1. The van der Waals surface area contributed by atoms with E-state index in [4.69, 9.17) is 17.4 Å². The second-order valence-electron chi connectivity index (χ2n) is 4.55. The van der Waals surface area contributed by atoms with Crippen LogP contribution in [0.5, 0.6) is 0 Å². The van der Waals surface area contributed by atoms with Crippen molar-refractivity contribution in [2.45, 2.75) is 18.7 Å². The number of sulfonamides is 1. The van der Waals surface area contributed by atoms with Crippen LogP contribution in [-0.2, 0) is 10.0 Å². The molecular formula is C13H15ClN4O2S. The molecule has 8 heteroatoms. The Morgan fingerprint density at radius 2 is 1.81 bits per heavy atom. The molecule has 0 unspecified atom stereocenters. The molecule has 0 aliphatic carbocycles. The number of halogens is 1. The Kier molecular flexibility index (Phi) is 4.36. The number of aryl methyl sites for hydroxylation is 2. The van der Waals surface area contributed by atoms with Crippen LogP contribution in [0.15, 0.2) is 35.4 Å². The minimum atomic E-state index is -3.74. The minimum absolute atomic E-state index is 0.207. The Labute approximate surface area is 128 Å². The molecule has 21 heavy (non-hydrogen) atoms. The van der Waals surface area contributed by atoms with Crippen LogP contribution in [-0.4, -0.2) is 13.4 Å². The smallest absolute Gasteiger partial charge is 0.263 e. The van der Waals surface area contributed by atoms with Crippen LogP contribution in [0, 0.1) is 13.8 Å². The SMILES string of the molecule is Cc1cc(NN)cc(C)c1S(=O)(=O)Nc1ccc(Cl)cn1. The molecule has 0 saturated carbocycles. The number of aromatic nitrogens is 1. The van der Waals surface area contributed by atoms with Gasteiger partial charge >= 0.3 is 0 Å². The highest BCUT2D eigenvalue weighted by Gasteiger charge is 2.20. The molecule has 0 fully saturated rings. The van der Waals surface area contributed by atoms with E-state index in [2.05, 4.69) is 15.1 Å². The summed E-state index contributed by atoms with van der Waals surface area (Å²) in [6, 6.07) is 6.39. The van der Waals surface area contributed by atoms with Crippen LogP contribution >= 0.6 is 11.6 Å². The van der Waals surface area contributed by atoms with Gasteiger partial charge in [-0.15, -0.1) is 0 Å². The van der Waals surface area contributed by atoms with Gasteiger partial charge in [0.15, 0.2) is 0 Å². The quantitative estimate of drug-likeness (QED) is 0.592. The summed E-state index contributed by atoms with van der Waals surface area (Å²) in [4.78, 5) is 4.13. The standard InChI is InChI=1S/C13H15ClN4O2S/c1-8-5-11(17-15)6-9(2)13(8)21(19,20)18-12-4-3-10(14)7-16-12/h3-7,17H,15H2,1-2H3,(H,16,18). The summed E-state index contributed by atoms with van der Waals surface area (Å²) in [5.41, 5.74) is 4.32. The van der Waals surface area contributed by atoms with E-state index in [1.54, 1.807) is 32.0 Å². The second kappa shape index (κ2) is 5.88. The van der Waals surface area contributed by atoms with Gasteiger partial charge in [-0.1, -0.05) is 11.6 Å². The summed E-state index contributed by atoms with van der Waals surface area (Å²) in [6.07, 6.45) is 1.38. The number of hydrogen-bond donors (Lipinski definition) is 3. The van der Waals surface area contributed by atoms with Gasteiger partial charge in [0.25, 0.3) is 10.0 Å². The lowest BCUT2D eigenvalue weighted by Gasteiger charge is -2.14. The molecule has 0 amide bonds. The van der Waals surface area contributed by atoms with E-state index in [9.17, 15) is 8.42 Å². The van der Waals surface area contributed by atoms with Crippen molar-refractivity contribution in [3.05, 3.63) is 46.6 Å². The molecule has 0 spiro atoms. The van der Waals surface area contributed by atoms with Crippen LogP contribution in [0.2, 0.25) is 5.02 Å². The van der Waals surface area contributed by atoms with E-state index in [1.165, 1.54) is 12.3 Å². The highest BCUT2D eigenvalue weighted by molar-refractivity contribution is 7.92. The Morgan fingerprint density at radius 3 is 2.29 bits per heavy atom. The fourth-order valence-corrected chi connectivity index (χ4v) is 3.66. The molecule has 0 bridgehead atoms. The topological polar surface area (TPSA) is 97.1 Å². The number of rotatable bonds is 4. The third-order valence-electron chi connectivity index (χ3n) is 2.86. The first-order valence-electron chi connectivity index (χ1n) is 6.06. The average molecular weight is 327 g/mol. The first kappa shape index (κ1) is 15.6. The number of hydrogen-bond acceptors (Lipinski definition) is 5. The number of benzene rings is 1. The monoisotopic (exact) mass is 326 g/mol. The van der Waals surface area contributed by atoms with Crippen molar-refractivity contribution in [2.24, 2.45) is 5.84 Å². The largest absolute Gasteiger partial charge is 0.324 e. The number of nitrogens with zero attached hydrogens (tertiary/aromatic N) is 1. The third-order valence-corrected chi connectivity index (χ3v) is 4.74. The number of nitrogen functional groups attached to an aromatic ring is 1. The number of hydrazine groups is 1. The first-order chi connectivity index (χ1) is 9.83. The van der Waals surface area contributed by atoms with Gasteiger partial charge in [0, 0.05) is 11.9 Å². The Morgan fingerprint density at radius 1 is 1.19 bits per heavy atom. The van der Waals surface area contributed by atoms with Gasteiger partial charge < -0.3 is 5.43 Å². The third kappa shape index (κ3) is 3.44. The lowest BCUT2D eigenvalue weighted by molar-refractivity contribution is 0.600. The molecule has 1 heterocycles. The fourth-order valence-electron chi connectivity index (χ4n) is 2.08. The van der Waals surface area contributed by atoms with Gasteiger partial charge in [0.05, 0.1) is 9.92 Å². The maximum Gasteiger partial charge on any atom is 0.263 e. The molecule has 0 atom stereocenters. The zero-order valence-electron chi connectivity index (χ0n) is 11.5. The molecule has 1 aromatic carbocycles. The average Bonchev–Trinajstić information content (AvgIpc) is 2.39. The van der Waals surface area contributed by atoms with Crippen molar-refractivity contribution >= 4 is 33.1 Å².